The number of hydrogen-bond acceptors (Lipinski definition) is 3. The van der Waals surface area contributed by atoms with Gasteiger partial charge in [-0.25, -0.2) is 0 Å². The molecule has 0 fully saturated rings. The smallest absolute Gasteiger partial charge is 0.119 e. The predicted molar refractivity (Wildman–Crippen MR) is 84.6 cm³/mol. The van der Waals surface area contributed by atoms with Crippen LogP contribution < -0.4 is 10.1 Å². The Labute approximate surface area is 123 Å². The van der Waals surface area contributed by atoms with Crippen LogP contribution in [0.3, 0.4) is 0 Å². The largest absolute Gasteiger partial charge is 0.493 e. The Kier molecular flexibility index (Phi) is 7.79. The molecule has 0 bridgehead atoms. The maximum absolute atomic E-state index is 5.74. The van der Waals surface area contributed by atoms with Crippen LogP contribution in [0.4, 0.5) is 0 Å². The van der Waals surface area contributed by atoms with Gasteiger partial charge >= 0.3 is 0 Å². The fourth-order valence-electron chi connectivity index (χ4n) is 1.45. The molecule has 1 N–H and O–H groups in total. The van der Waals surface area contributed by atoms with Gasteiger partial charge in [-0.05, 0) is 29.5 Å². The van der Waals surface area contributed by atoms with Crippen LogP contribution in [0.1, 0.15) is 26.3 Å². The summed E-state index contributed by atoms with van der Waals surface area (Å²) in [6, 6.07) is 6.66. The van der Waals surface area contributed by atoms with E-state index in [9.17, 15) is 0 Å². The van der Waals surface area contributed by atoms with Gasteiger partial charge in [-0.15, -0.1) is 0 Å². The third kappa shape index (κ3) is 6.12. The molecule has 1 rings (SSSR count). The van der Waals surface area contributed by atoms with E-state index in [-0.39, 0.29) is 0 Å². The maximum atomic E-state index is 5.74. The number of nitrogens with one attached hydrogen (secondary N) is 1. The molecule has 0 radical (unpaired) electrons. The lowest BCUT2D eigenvalue weighted by atomic mass is 10.2. The van der Waals surface area contributed by atoms with Crippen molar-refractivity contribution >= 4 is 27.7 Å². The maximum Gasteiger partial charge on any atom is 0.119 e. The van der Waals surface area contributed by atoms with Gasteiger partial charge in [0.05, 0.1) is 6.61 Å². The Balaban J connectivity index is 2.51. The van der Waals surface area contributed by atoms with Gasteiger partial charge in [-0.1, -0.05) is 36.7 Å². The molecule has 0 spiro atoms. The van der Waals surface area contributed by atoms with Crippen LogP contribution in [0.15, 0.2) is 22.7 Å². The lowest BCUT2D eigenvalue weighted by Gasteiger charge is -2.12. The summed E-state index contributed by atoms with van der Waals surface area (Å²) in [6.07, 6.45) is 0. The van der Waals surface area contributed by atoms with Crippen molar-refractivity contribution in [2.45, 2.75) is 33.4 Å². The number of halogens is 1. The summed E-state index contributed by atoms with van der Waals surface area (Å²) < 4.78 is 6.87. The summed E-state index contributed by atoms with van der Waals surface area (Å²) in [5.74, 6) is 3.15. The van der Waals surface area contributed by atoms with Gasteiger partial charge in [0.1, 0.15) is 5.75 Å². The van der Waals surface area contributed by atoms with E-state index in [4.69, 9.17) is 4.74 Å². The molecule has 0 saturated heterocycles. The molecule has 0 aromatic heterocycles. The molecule has 18 heavy (non-hydrogen) atoms. The molecule has 4 heteroatoms. The summed E-state index contributed by atoms with van der Waals surface area (Å²) in [5, 5.41) is 3.42. The monoisotopic (exact) mass is 331 g/mol. The second-order valence-electron chi connectivity index (χ2n) is 4.33. The summed E-state index contributed by atoms with van der Waals surface area (Å²) in [4.78, 5) is 0. The third-order valence-corrected chi connectivity index (χ3v) is 4.06. The van der Waals surface area contributed by atoms with Crippen LogP contribution >= 0.6 is 27.7 Å². The molecule has 1 aromatic rings. The molecule has 102 valence electrons. The average molecular weight is 332 g/mol. The van der Waals surface area contributed by atoms with Gasteiger partial charge < -0.3 is 10.1 Å². The number of ether oxygens (including phenoxy) is 1. The summed E-state index contributed by atoms with van der Waals surface area (Å²) in [7, 11) is 0. The predicted octanol–water partition coefficient (Wildman–Crippen LogP) is 4.08. The highest BCUT2D eigenvalue weighted by Gasteiger charge is 2.03. The minimum Gasteiger partial charge on any atom is -0.493 e. The zero-order chi connectivity index (χ0) is 13.4. The third-order valence-electron chi connectivity index (χ3n) is 2.42. The summed E-state index contributed by atoms with van der Waals surface area (Å²) >= 11 is 5.48. The SMILES string of the molecule is CCSCCOc1ccc(Br)c(CNC(C)C)c1. The first-order chi connectivity index (χ1) is 8.63. The second kappa shape index (κ2) is 8.83. The zero-order valence-electron chi connectivity index (χ0n) is 11.3. The molecular formula is C14H22BrNOS. The second-order valence-corrected chi connectivity index (χ2v) is 6.58. The molecule has 0 saturated carbocycles. The number of benzene rings is 1. The van der Waals surface area contributed by atoms with Crippen molar-refractivity contribution in [1.82, 2.24) is 5.32 Å². The first kappa shape index (κ1) is 15.9. The van der Waals surface area contributed by atoms with Crippen LogP contribution in [0.2, 0.25) is 0 Å². The van der Waals surface area contributed by atoms with Crippen LogP contribution in [0, 0.1) is 0 Å². The van der Waals surface area contributed by atoms with Crippen molar-refractivity contribution in [2.75, 3.05) is 18.1 Å². The fraction of sp³-hybridized carbons (Fsp3) is 0.571. The zero-order valence-corrected chi connectivity index (χ0v) is 13.7. The van der Waals surface area contributed by atoms with E-state index < -0.39 is 0 Å². The van der Waals surface area contributed by atoms with E-state index in [0.29, 0.717) is 6.04 Å². The van der Waals surface area contributed by atoms with E-state index in [1.54, 1.807) is 0 Å². The van der Waals surface area contributed by atoms with E-state index in [1.807, 2.05) is 17.8 Å². The molecule has 0 heterocycles. The highest BCUT2D eigenvalue weighted by atomic mass is 79.9. The molecule has 0 aliphatic heterocycles. The van der Waals surface area contributed by atoms with Crippen molar-refractivity contribution in [1.29, 1.82) is 0 Å². The molecule has 0 amide bonds. The normalized spacial score (nSPS) is 10.9. The first-order valence-electron chi connectivity index (χ1n) is 6.35. The van der Waals surface area contributed by atoms with Crippen molar-refractivity contribution in [3.63, 3.8) is 0 Å². The van der Waals surface area contributed by atoms with E-state index in [1.165, 1.54) is 5.56 Å². The molecule has 0 aliphatic rings. The highest BCUT2D eigenvalue weighted by molar-refractivity contribution is 9.10. The number of rotatable bonds is 8. The summed E-state index contributed by atoms with van der Waals surface area (Å²) in [5.41, 5.74) is 1.24. The molecule has 0 aliphatic carbocycles. The fourth-order valence-corrected chi connectivity index (χ4v) is 2.33. The Hall–Kier alpha value is -0.190. The van der Waals surface area contributed by atoms with Gasteiger partial charge in [-0.2, -0.15) is 11.8 Å². The average Bonchev–Trinajstić information content (AvgIpc) is 2.34. The minimum absolute atomic E-state index is 0.488. The molecule has 2 nitrogen and oxygen atoms in total. The van der Waals surface area contributed by atoms with Crippen molar-refractivity contribution < 1.29 is 4.74 Å². The van der Waals surface area contributed by atoms with Gasteiger partial charge in [-0.3, -0.25) is 0 Å². The van der Waals surface area contributed by atoms with Crippen molar-refractivity contribution in [3.05, 3.63) is 28.2 Å². The number of thioether (sulfide) groups is 1. The van der Waals surface area contributed by atoms with E-state index in [2.05, 4.69) is 54.2 Å². The van der Waals surface area contributed by atoms with Gasteiger partial charge in [0, 0.05) is 22.8 Å². The topological polar surface area (TPSA) is 21.3 Å². The molecular weight excluding hydrogens is 310 g/mol. The van der Waals surface area contributed by atoms with Crippen LogP contribution in [0.25, 0.3) is 0 Å². The van der Waals surface area contributed by atoms with Crippen LogP contribution in [0.5, 0.6) is 5.75 Å². The van der Waals surface area contributed by atoms with Crippen LogP contribution in [-0.4, -0.2) is 24.2 Å². The lowest BCUT2D eigenvalue weighted by molar-refractivity contribution is 0.343. The van der Waals surface area contributed by atoms with Gasteiger partial charge in [0.25, 0.3) is 0 Å². The highest BCUT2D eigenvalue weighted by Crippen LogP contribution is 2.22. The Morgan fingerprint density at radius 3 is 2.83 bits per heavy atom. The Morgan fingerprint density at radius 2 is 2.17 bits per heavy atom. The first-order valence-corrected chi connectivity index (χ1v) is 8.30. The Morgan fingerprint density at radius 1 is 1.39 bits per heavy atom. The van der Waals surface area contributed by atoms with Gasteiger partial charge in [0.15, 0.2) is 0 Å². The molecule has 1 aromatic carbocycles. The van der Waals surface area contributed by atoms with Crippen molar-refractivity contribution in [3.8, 4) is 5.75 Å². The minimum atomic E-state index is 0.488. The van der Waals surface area contributed by atoms with E-state index in [0.717, 1.165) is 34.9 Å². The van der Waals surface area contributed by atoms with Crippen molar-refractivity contribution in [2.24, 2.45) is 0 Å². The summed E-state index contributed by atoms with van der Waals surface area (Å²) in [6.45, 7) is 8.10. The van der Waals surface area contributed by atoms with Crippen LogP contribution in [-0.2, 0) is 6.54 Å². The lowest BCUT2D eigenvalue weighted by Crippen LogP contribution is -2.22. The molecule has 0 atom stereocenters. The quantitative estimate of drug-likeness (QED) is 0.725. The standard InChI is InChI=1S/C14H22BrNOS/c1-4-18-8-7-17-13-5-6-14(15)12(9-13)10-16-11(2)3/h5-6,9,11,16H,4,7-8,10H2,1-3H3. The van der Waals surface area contributed by atoms with E-state index >= 15 is 0 Å². The van der Waals surface area contributed by atoms with Gasteiger partial charge in [0.2, 0.25) is 0 Å². The Bertz CT molecular complexity index is 358. The number of hydrogen-bond donors (Lipinski definition) is 1. The molecule has 0 unspecified atom stereocenters.